The predicted octanol–water partition coefficient (Wildman–Crippen LogP) is 4.22. The van der Waals surface area contributed by atoms with E-state index in [2.05, 4.69) is 5.32 Å². The molecule has 1 atom stereocenters. The van der Waals surface area contributed by atoms with Gasteiger partial charge in [-0.2, -0.15) is 4.31 Å². The van der Waals surface area contributed by atoms with E-state index in [1.165, 1.54) is 22.5 Å². The molecule has 8 heteroatoms. The van der Waals surface area contributed by atoms with Crippen molar-refractivity contribution in [1.29, 1.82) is 0 Å². The van der Waals surface area contributed by atoms with E-state index >= 15 is 0 Å². The molecule has 0 radical (unpaired) electrons. The topological polar surface area (TPSA) is 66.5 Å². The number of halogens is 1. The first-order chi connectivity index (χ1) is 14.3. The number of thioether (sulfide) groups is 1. The monoisotopic (exact) mass is 448 g/mol. The van der Waals surface area contributed by atoms with Gasteiger partial charge in [-0.05, 0) is 54.0 Å². The van der Waals surface area contributed by atoms with E-state index in [0.29, 0.717) is 18.7 Å². The lowest BCUT2D eigenvalue weighted by Gasteiger charge is -2.25. The van der Waals surface area contributed by atoms with Crippen molar-refractivity contribution in [2.75, 3.05) is 18.8 Å². The van der Waals surface area contributed by atoms with E-state index < -0.39 is 10.0 Å². The molecule has 30 heavy (non-hydrogen) atoms. The third-order valence-corrected chi connectivity index (χ3v) is 8.17. The van der Waals surface area contributed by atoms with E-state index in [1.807, 2.05) is 0 Å². The minimum atomic E-state index is -3.50. The Morgan fingerprint density at radius 2 is 1.90 bits per heavy atom. The van der Waals surface area contributed by atoms with Crippen LogP contribution in [-0.4, -0.2) is 37.5 Å². The molecular weight excluding hydrogens is 423 g/mol. The molecule has 1 aliphatic rings. The number of hydrogen-bond acceptors (Lipinski definition) is 4. The van der Waals surface area contributed by atoms with Crippen molar-refractivity contribution in [3.8, 4) is 0 Å². The number of rotatable bonds is 7. The molecule has 0 saturated carbocycles. The quantitative estimate of drug-likeness (QED) is 0.644. The van der Waals surface area contributed by atoms with E-state index in [-0.39, 0.29) is 22.7 Å². The minimum absolute atomic E-state index is 0.226. The van der Waals surface area contributed by atoms with Crippen molar-refractivity contribution in [3.63, 3.8) is 0 Å². The summed E-state index contributed by atoms with van der Waals surface area (Å²) in [6.07, 6.45) is 3.78. The van der Waals surface area contributed by atoms with E-state index in [0.717, 1.165) is 22.6 Å². The molecule has 0 spiro atoms. The molecule has 0 fully saturated rings. The first-order valence-electron chi connectivity index (χ1n) is 9.86. The van der Waals surface area contributed by atoms with Gasteiger partial charge >= 0.3 is 0 Å². The van der Waals surface area contributed by atoms with Gasteiger partial charge in [-0.3, -0.25) is 4.79 Å². The SMILES string of the molecule is CCN(CC)S(=O)(=O)c1ccc(/C=C/C(=O)NC2CCSc3ccc(F)cc32)cc1. The maximum Gasteiger partial charge on any atom is 0.244 e. The van der Waals surface area contributed by atoms with E-state index in [4.69, 9.17) is 0 Å². The van der Waals surface area contributed by atoms with E-state index in [9.17, 15) is 17.6 Å². The highest BCUT2D eigenvalue weighted by Crippen LogP contribution is 2.36. The summed E-state index contributed by atoms with van der Waals surface area (Å²) >= 11 is 1.66. The Hall–Kier alpha value is -2.16. The molecule has 0 aliphatic carbocycles. The zero-order chi connectivity index (χ0) is 21.7. The number of amides is 1. The number of nitrogens with one attached hydrogen (secondary N) is 1. The number of carbonyl (C=O) groups is 1. The van der Waals surface area contributed by atoms with Gasteiger partial charge in [0.1, 0.15) is 5.82 Å². The minimum Gasteiger partial charge on any atom is -0.346 e. The van der Waals surface area contributed by atoms with Gasteiger partial charge in [0.2, 0.25) is 15.9 Å². The number of sulfonamides is 1. The summed E-state index contributed by atoms with van der Waals surface area (Å²) < 4.78 is 40.1. The van der Waals surface area contributed by atoms with Crippen LogP contribution < -0.4 is 5.32 Å². The van der Waals surface area contributed by atoms with Crippen LogP contribution in [0.2, 0.25) is 0 Å². The summed E-state index contributed by atoms with van der Waals surface area (Å²) in [5, 5.41) is 2.93. The van der Waals surface area contributed by atoms with Crippen LogP contribution in [0.15, 0.2) is 58.3 Å². The molecule has 1 amide bonds. The Labute approximate surface area is 181 Å². The van der Waals surface area contributed by atoms with Gasteiger partial charge in [0.15, 0.2) is 0 Å². The molecule has 1 N–H and O–H groups in total. The van der Waals surface area contributed by atoms with Crippen LogP contribution >= 0.6 is 11.8 Å². The number of fused-ring (bicyclic) bond motifs is 1. The highest BCUT2D eigenvalue weighted by atomic mass is 32.2. The molecule has 0 saturated heterocycles. The second-order valence-electron chi connectivity index (χ2n) is 6.87. The molecule has 1 unspecified atom stereocenters. The second-order valence-corrected chi connectivity index (χ2v) is 9.95. The van der Waals surface area contributed by atoms with Crippen LogP contribution in [0.1, 0.15) is 37.4 Å². The second kappa shape index (κ2) is 9.76. The normalized spacial score (nSPS) is 16.6. The van der Waals surface area contributed by atoms with Gasteiger partial charge in [-0.1, -0.05) is 26.0 Å². The average Bonchev–Trinajstić information content (AvgIpc) is 2.73. The summed E-state index contributed by atoms with van der Waals surface area (Å²) in [5.41, 5.74) is 1.52. The fourth-order valence-electron chi connectivity index (χ4n) is 3.37. The predicted molar refractivity (Wildman–Crippen MR) is 118 cm³/mol. The maximum absolute atomic E-state index is 13.6. The Morgan fingerprint density at radius 1 is 1.20 bits per heavy atom. The summed E-state index contributed by atoms with van der Waals surface area (Å²) in [5.74, 6) is 0.267. The van der Waals surface area contributed by atoms with Crippen molar-refractivity contribution in [2.45, 2.75) is 36.1 Å². The number of nitrogens with zero attached hydrogens (tertiary/aromatic N) is 1. The zero-order valence-corrected chi connectivity index (χ0v) is 18.6. The molecule has 0 aromatic heterocycles. The summed E-state index contributed by atoms with van der Waals surface area (Å²) in [6.45, 7) is 4.42. The summed E-state index contributed by atoms with van der Waals surface area (Å²) in [4.78, 5) is 13.6. The molecule has 1 heterocycles. The van der Waals surface area contributed by atoms with Crippen molar-refractivity contribution in [2.24, 2.45) is 0 Å². The molecule has 0 bridgehead atoms. The van der Waals surface area contributed by atoms with Gasteiger partial charge in [-0.15, -0.1) is 11.8 Å². The number of benzene rings is 2. The maximum atomic E-state index is 13.6. The molecule has 3 rings (SSSR count). The fraction of sp³-hybridized carbons (Fsp3) is 0.318. The Balaban J connectivity index is 1.67. The smallest absolute Gasteiger partial charge is 0.244 e. The lowest BCUT2D eigenvalue weighted by atomic mass is 10.0. The Morgan fingerprint density at radius 3 is 2.57 bits per heavy atom. The Bertz CT molecular complexity index is 1030. The van der Waals surface area contributed by atoms with Crippen molar-refractivity contribution < 1.29 is 17.6 Å². The highest BCUT2D eigenvalue weighted by Gasteiger charge is 2.23. The van der Waals surface area contributed by atoms with Crippen LogP contribution in [0, 0.1) is 5.82 Å². The van der Waals surface area contributed by atoms with Crippen molar-refractivity contribution >= 4 is 33.8 Å². The lowest BCUT2D eigenvalue weighted by molar-refractivity contribution is -0.117. The van der Waals surface area contributed by atoms with Gasteiger partial charge in [0.05, 0.1) is 10.9 Å². The van der Waals surface area contributed by atoms with Crippen LogP contribution in [0.3, 0.4) is 0 Å². The molecule has 1 aliphatic heterocycles. The van der Waals surface area contributed by atoms with Crippen molar-refractivity contribution in [3.05, 3.63) is 65.5 Å². The molecule has 160 valence electrons. The molecular formula is C22H25FN2O3S2. The lowest BCUT2D eigenvalue weighted by Crippen LogP contribution is -2.30. The zero-order valence-electron chi connectivity index (χ0n) is 17.0. The van der Waals surface area contributed by atoms with Gasteiger partial charge in [-0.25, -0.2) is 12.8 Å². The number of carbonyl (C=O) groups excluding carboxylic acids is 1. The highest BCUT2D eigenvalue weighted by molar-refractivity contribution is 7.99. The first kappa shape index (κ1) is 22.5. The third kappa shape index (κ3) is 5.11. The average molecular weight is 449 g/mol. The Kier molecular flexibility index (Phi) is 7.33. The standard InChI is InChI=1S/C22H25FN2O3S2/c1-3-25(4-2)30(27,28)18-9-5-16(6-10-18)7-12-22(26)24-20-13-14-29-21-11-8-17(23)15-19(20)21/h5-12,15,20H,3-4,13-14H2,1-2H3,(H,24,26)/b12-7+. The largest absolute Gasteiger partial charge is 0.346 e. The summed E-state index contributed by atoms with van der Waals surface area (Å²) in [6, 6.07) is 10.9. The van der Waals surface area contributed by atoms with Gasteiger partial charge < -0.3 is 5.32 Å². The van der Waals surface area contributed by atoms with Crippen LogP contribution in [0.5, 0.6) is 0 Å². The van der Waals surface area contributed by atoms with Crippen molar-refractivity contribution in [1.82, 2.24) is 9.62 Å². The van der Waals surface area contributed by atoms with Crippen LogP contribution in [-0.2, 0) is 14.8 Å². The van der Waals surface area contributed by atoms with Gasteiger partial charge in [0, 0.05) is 29.8 Å². The fourth-order valence-corrected chi connectivity index (χ4v) is 5.93. The molecule has 5 nitrogen and oxygen atoms in total. The third-order valence-electron chi connectivity index (χ3n) is 4.98. The van der Waals surface area contributed by atoms with E-state index in [1.54, 1.807) is 62.0 Å². The first-order valence-corrected chi connectivity index (χ1v) is 12.3. The number of hydrogen-bond donors (Lipinski definition) is 1. The van der Waals surface area contributed by atoms with Crippen LogP contribution in [0.4, 0.5) is 4.39 Å². The van der Waals surface area contributed by atoms with Crippen LogP contribution in [0.25, 0.3) is 6.08 Å². The molecule has 2 aromatic rings. The summed E-state index contributed by atoms with van der Waals surface area (Å²) in [7, 11) is -3.50. The van der Waals surface area contributed by atoms with Gasteiger partial charge in [0.25, 0.3) is 0 Å². The molecule has 2 aromatic carbocycles.